The average Bonchev–Trinajstić information content (AvgIpc) is 2.18. The number of hydrogen-bond donors (Lipinski definition) is 2. The first-order chi connectivity index (χ1) is 7.15. The van der Waals surface area contributed by atoms with E-state index in [1.54, 1.807) is 19.1 Å². The zero-order valence-electron chi connectivity index (χ0n) is 8.10. The van der Waals surface area contributed by atoms with E-state index in [2.05, 4.69) is 10.3 Å². The Hall–Kier alpha value is -2.17. The van der Waals surface area contributed by atoms with Gasteiger partial charge in [-0.2, -0.15) is 0 Å². The number of carbonyl (C=O) groups is 2. The minimum Gasteiger partial charge on any atom is -0.476 e. The lowest BCUT2D eigenvalue weighted by Gasteiger charge is -2.04. The van der Waals surface area contributed by atoms with Crippen molar-refractivity contribution < 1.29 is 14.7 Å². The first kappa shape index (κ1) is 10.9. The number of pyridine rings is 1. The van der Waals surface area contributed by atoms with Crippen molar-refractivity contribution in [3.05, 3.63) is 36.2 Å². The molecule has 5 heteroatoms. The number of carboxylic acids is 1. The third-order valence-corrected chi connectivity index (χ3v) is 1.59. The molecule has 78 valence electrons. The first-order valence-corrected chi connectivity index (χ1v) is 4.27. The summed E-state index contributed by atoms with van der Waals surface area (Å²) in [5.41, 5.74) is 0.0171. The Morgan fingerprint density at radius 2 is 2.27 bits per heavy atom. The summed E-state index contributed by atoms with van der Waals surface area (Å²) in [4.78, 5) is 25.6. The Labute approximate surface area is 86.5 Å². The number of aromatic carboxylic acids is 1. The molecule has 0 aliphatic rings. The van der Waals surface area contributed by atoms with Crippen LogP contribution < -0.4 is 5.32 Å². The van der Waals surface area contributed by atoms with Gasteiger partial charge in [-0.15, -0.1) is 0 Å². The van der Waals surface area contributed by atoms with Crippen LogP contribution in [0, 0.1) is 0 Å². The van der Waals surface area contributed by atoms with Gasteiger partial charge in [0.05, 0.1) is 5.69 Å². The zero-order chi connectivity index (χ0) is 11.3. The summed E-state index contributed by atoms with van der Waals surface area (Å²) in [6, 6.07) is 3.04. The summed E-state index contributed by atoms with van der Waals surface area (Å²) in [6.07, 6.45) is 4.22. The topological polar surface area (TPSA) is 79.3 Å². The molecule has 5 nitrogen and oxygen atoms in total. The average molecular weight is 206 g/mol. The van der Waals surface area contributed by atoms with Crippen LogP contribution in [0.2, 0.25) is 0 Å². The van der Waals surface area contributed by atoms with Gasteiger partial charge < -0.3 is 10.4 Å². The number of carboxylic acid groups (broad SMARTS) is 1. The lowest BCUT2D eigenvalue weighted by atomic mass is 10.3. The van der Waals surface area contributed by atoms with E-state index < -0.39 is 5.97 Å². The Morgan fingerprint density at radius 1 is 1.53 bits per heavy atom. The van der Waals surface area contributed by atoms with E-state index in [4.69, 9.17) is 5.11 Å². The van der Waals surface area contributed by atoms with Gasteiger partial charge in [0.2, 0.25) is 5.91 Å². The van der Waals surface area contributed by atoms with E-state index in [9.17, 15) is 9.59 Å². The minimum atomic E-state index is -1.17. The summed E-state index contributed by atoms with van der Waals surface area (Å²) in [5.74, 6) is -1.56. The molecule has 1 aromatic heterocycles. The molecule has 1 aromatic rings. The molecular formula is C10H10N2O3. The number of anilines is 1. The number of rotatable bonds is 3. The summed E-state index contributed by atoms with van der Waals surface area (Å²) < 4.78 is 0. The number of nitrogens with zero attached hydrogens (tertiary/aromatic N) is 1. The van der Waals surface area contributed by atoms with Gasteiger partial charge in [-0.1, -0.05) is 6.08 Å². The van der Waals surface area contributed by atoms with E-state index >= 15 is 0 Å². The molecule has 2 N–H and O–H groups in total. The smallest absolute Gasteiger partial charge is 0.356 e. The summed E-state index contributed by atoms with van der Waals surface area (Å²) in [6.45, 7) is 1.70. The molecule has 0 fully saturated rings. The molecule has 1 rings (SSSR count). The molecule has 0 unspecified atom stereocenters. The highest BCUT2D eigenvalue weighted by atomic mass is 16.4. The Bertz CT molecular complexity index is 413. The molecule has 1 heterocycles. The molecule has 0 aromatic carbocycles. The molecule has 0 saturated heterocycles. The van der Waals surface area contributed by atoms with Crippen molar-refractivity contribution in [3.63, 3.8) is 0 Å². The van der Waals surface area contributed by atoms with Crippen molar-refractivity contribution in [2.75, 3.05) is 5.32 Å². The van der Waals surface area contributed by atoms with Crippen LogP contribution in [0.3, 0.4) is 0 Å². The second-order valence-corrected chi connectivity index (χ2v) is 2.69. The van der Waals surface area contributed by atoms with Crippen LogP contribution in [0.5, 0.6) is 0 Å². The van der Waals surface area contributed by atoms with Crippen LogP contribution in [0.15, 0.2) is 30.5 Å². The van der Waals surface area contributed by atoms with Gasteiger partial charge in [0.15, 0.2) is 5.69 Å². The third kappa shape index (κ3) is 2.91. The van der Waals surface area contributed by atoms with Gasteiger partial charge in [0.25, 0.3) is 0 Å². The molecule has 0 aliphatic heterocycles. The summed E-state index contributed by atoms with van der Waals surface area (Å²) in [5, 5.41) is 11.2. The maximum Gasteiger partial charge on any atom is 0.356 e. The van der Waals surface area contributed by atoms with Gasteiger partial charge in [-0.25, -0.2) is 9.78 Å². The van der Waals surface area contributed by atoms with Crippen molar-refractivity contribution in [1.82, 2.24) is 4.98 Å². The van der Waals surface area contributed by atoms with Gasteiger partial charge in [0, 0.05) is 6.20 Å². The Morgan fingerprint density at radius 3 is 2.87 bits per heavy atom. The molecule has 15 heavy (non-hydrogen) atoms. The SMILES string of the molecule is C/C=C/C(=O)Nc1cccnc1C(=O)O. The fourth-order valence-corrected chi connectivity index (χ4v) is 1.00. The summed E-state index contributed by atoms with van der Waals surface area (Å²) in [7, 11) is 0. The zero-order valence-corrected chi connectivity index (χ0v) is 8.10. The van der Waals surface area contributed by atoms with Crippen LogP contribution in [-0.4, -0.2) is 22.0 Å². The van der Waals surface area contributed by atoms with E-state index in [1.165, 1.54) is 18.3 Å². The largest absolute Gasteiger partial charge is 0.476 e. The van der Waals surface area contributed by atoms with Crippen LogP contribution in [-0.2, 0) is 4.79 Å². The molecule has 0 saturated carbocycles. The number of allylic oxidation sites excluding steroid dienone is 1. The van der Waals surface area contributed by atoms with Crippen molar-refractivity contribution in [2.24, 2.45) is 0 Å². The summed E-state index contributed by atoms with van der Waals surface area (Å²) >= 11 is 0. The molecular weight excluding hydrogens is 196 g/mol. The normalized spacial score (nSPS) is 10.2. The predicted octanol–water partition coefficient (Wildman–Crippen LogP) is 1.29. The van der Waals surface area contributed by atoms with Crippen LogP contribution in [0.1, 0.15) is 17.4 Å². The fourth-order valence-electron chi connectivity index (χ4n) is 1.00. The van der Waals surface area contributed by atoms with Crippen LogP contribution in [0.4, 0.5) is 5.69 Å². The number of nitrogens with one attached hydrogen (secondary N) is 1. The highest BCUT2D eigenvalue weighted by Crippen LogP contribution is 2.11. The second kappa shape index (κ2) is 4.90. The van der Waals surface area contributed by atoms with E-state index in [-0.39, 0.29) is 17.3 Å². The predicted molar refractivity (Wildman–Crippen MR) is 54.6 cm³/mol. The maximum atomic E-state index is 11.2. The van der Waals surface area contributed by atoms with Crippen LogP contribution >= 0.6 is 0 Å². The Kier molecular flexibility index (Phi) is 3.56. The van der Waals surface area contributed by atoms with Crippen LogP contribution in [0.25, 0.3) is 0 Å². The molecule has 0 radical (unpaired) electrons. The molecule has 0 spiro atoms. The highest BCUT2D eigenvalue weighted by Gasteiger charge is 2.11. The van der Waals surface area contributed by atoms with Gasteiger partial charge in [0.1, 0.15) is 0 Å². The van der Waals surface area contributed by atoms with Gasteiger partial charge >= 0.3 is 5.97 Å². The first-order valence-electron chi connectivity index (χ1n) is 4.27. The number of carbonyl (C=O) groups excluding carboxylic acids is 1. The van der Waals surface area contributed by atoms with E-state index in [0.717, 1.165) is 0 Å². The maximum absolute atomic E-state index is 11.2. The van der Waals surface area contributed by atoms with Crippen molar-refractivity contribution in [2.45, 2.75) is 6.92 Å². The van der Waals surface area contributed by atoms with E-state index in [0.29, 0.717) is 0 Å². The molecule has 0 atom stereocenters. The fraction of sp³-hybridized carbons (Fsp3) is 0.100. The van der Waals surface area contributed by atoms with Gasteiger partial charge in [-0.05, 0) is 25.1 Å². The van der Waals surface area contributed by atoms with Crippen molar-refractivity contribution in [1.29, 1.82) is 0 Å². The monoisotopic (exact) mass is 206 g/mol. The van der Waals surface area contributed by atoms with Crippen molar-refractivity contribution >= 4 is 17.6 Å². The number of amides is 1. The molecule has 0 aliphatic carbocycles. The number of hydrogen-bond acceptors (Lipinski definition) is 3. The standard InChI is InChI=1S/C10H10N2O3/c1-2-4-8(13)12-7-5-3-6-11-9(7)10(14)15/h2-6H,1H3,(H,12,13)(H,14,15)/b4-2+. The quantitative estimate of drug-likeness (QED) is 0.730. The Balaban J connectivity index is 2.94. The van der Waals surface area contributed by atoms with E-state index in [1.807, 2.05) is 0 Å². The molecule has 0 bridgehead atoms. The number of aromatic nitrogens is 1. The van der Waals surface area contributed by atoms with Crippen molar-refractivity contribution in [3.8, 4) is 0 Å². The molecule has 1 amide bonds. The lowest BCUT2D eigenvalue weighted by Crippen LogP contribution is -2.13. The third-order valence-electron chi connectivity index (χ3n) is 1.59. The minimum absolute atomic E-state index is 0.171. The highest BCUT2D eigenvalue weighted by molar-refractivity contribution is 6.03. The second-order valence-electron chi connectivity index (χ2n) is 2.69. The lowest BCUT2D eigenvalue weighted by molar-refractivity contribution is -0.111. The van der Waals surface area contributed by atoms with Gasteiger partial charge in [-0.3, -0.25) is 4.79 Å².